The predicted octanol–water partition coefficient (Wildman–Crippen LogP) is 5.19. The first-order valence-corrected chi connectivity index (χ1v) is 8.37. The second-order valence-corrected chi connectivity index (χ2v) is 6.39. The van der Waals surface area contributed by atoms with Crippen molar-refractivity contribution < 1.29 is 4.79 Å². The third-order valence-corrected chi connectivity index (χ3v) is 4.26. The number of aryl methyl sites for hydroxylation is 1. The van der Waals surface area contributed by atoms with Crippen LogP contribution < -0.4 is 10.6 Å². The molecule has 128 valence electrons. The number of hydrogen-bond acceptors (Lipinski definition) is 2. The molecule has 0 fully saturated rings. The Morgan fingerprint density at radius 2 is 1.76 bits per heavy atom. The Hall–Kier alpha value is -2.50. The van der Waals surface area contributed by atoms with E-state index in [1.165, 1.54) is 0 Å². The summed E-state index contributed by atoms with van der Waals surface area (Å²) < 4.78 is 1.66. The summed E-state index contributed by atoms with van der Waals surface area (Å²) in [5.74, 6) is 0. The fraction of sp³-hybridized carbons (Fsp3) is 0.111. The average Bonchev–Trinajstić information content (AvgIpc) is 2.98. The lowest BCUT2D eigenvalue weighted by Crippen LogP contribution is -2.19. The van der Waals surface area contributed by atoms with Crippen LogP contribution in [0.3, 0.4) is 0 Å². The third kappa shape index (κ3) is 4.53. The van der Waals surface area contributed by atoms with Crippen LogP contribution in [-0.4, -0.2) is 15.8 Å². The van der Waals surface area contributed by atoms with Gasteiger partial charge in [-0.1, -0.05) is 41.4 Å². The fourth-order valence-corrected chi connectivity index (χ4v) is 2.89. The summed E-state index contributed by atoms with van der Waals surface area (Å²) in [4.78, 5) is 12.1. The number of benzene rings is 2. The number of aromatic nitrogens is 2. The molecule has 0 saturated carbocycles. The molecule has 25 heavy (non-hydrogen) atoms. The molecular formula is C18H16Cl2N4O. The number of urea groups is 1. The van der Waals surface area contributed by atoms with Gasteiger partial charge in [-0.3, -0.25) is 4.68 Å². The number of rotatable bonds is 4. The fourth-order valence-electron chi connectivity index (χ4n) is 2.38. The summed E-state index contributed by atoms with van der Waals surface area (Å²) in [6.07, 6.45) is 3.29. The molecule has 5 nitrogen and oxygen atoms in total. The number of nitrogens with one attached hydrogen (secondary N) is 2. The summed E-state index contributed by atoms with van der Waals surface area (Å²) in [5.41, 5.74) is 3.16. The average molecular weight is 375 g/mol. The SMILES string of the molecule is Cc1cccc(NC(=O)Nc2cnn(Cc3c(Cl)cccc3Cl)c2)c1. The van der Waals surface area contributed by atoms with E-state index in [9.17, 15) is 4.79 Å². The maximum Gasteiger partial charge on any atom is 0.323 e. The molecular weight excluding hydrogens is 359 g/mol. The second-order valence-electron chi connectivity index (χ2n) is 5.58. The third-order valence-electron chi connectivity index (χ3n) is 3.55. The lowest BCUT2D eigenvalue weighted by molar-refractivity contribution is 0.262. The Morgan fingerprint density at radius 3 is 2.48 bits per heavy atom. The van der Waals surface area contributed by atoms with E-state index in [4.69, 9.17) is 23.2 Å². The summed E-state index contributed by atoms with van der Waals surface area (Å²) in [7, 11) is 0. The minimum Gasteiger partial charge on any atom is -0.308 e. The van der Waals surface area contributed by atoms with Gasteiger partial charge in [-0.15, -0.1) is 0 Å². The number of amides is 2. The van der Waals surface area contributed by atoms with Crippen molar-refractivity contribution in [2.24, 2.45) is 0 Å². The molecule has 0 aliphatic heterocycles. The van der Waals surface area contributed by atoms with Gasteiger partial charge in [-0.2, -0.15) is 5.10 Å². The number of halogens is 2. The first-order chi connectivity index (χ1) is 12.0. The minimum atomic E-state index is -0.332. The van der Waals surface area contributed by atoms with Crippen molar-refractivity contribution >= 4 is 40.6 Å². The number of nitrogens with zero attached hydrogens (tertiary/aromatic N) is 2. The van der Waals surface area contributed by atoms with Crippen molar-refractivity contribution in [3.63, 3.8) is 0 Å². The number of carbonyl (C=O) groups is 1. The first-order valence-electron chi connectivity index (χ1n) is 7.61. The Bertz CT molecular complexity index is 887. The van der Waals surface area contributed by atoms with Crippen molar-refractivity contribution in [3.05, 3.63) is 76.0 Å². The van der Waals surface area contributed by atoms with Gasteiger partial charge >= 0.3 is 6.03 Å². The zero-order valence-electron chi connectivity index (χ0n) is 13.5. The van der Waals surface area contributed by atoms with Crippen LogP contribution in [0.2, 0.25) is 10.0 Å². The highest BCUT2D eigenvalue weighted by atomic mass is 35.5. The second kappa shape index (κ2) is 7.59. The van der Waals surface area contributed by atoms with Gasteiger partial charge in [-0.05, 0) is 36.8 Å². The molecule has 2 aromatic carbocycles. The lowest BCUT2D eigenvalue weighted by Gasteiger charge is -2.07. The van der Waals surface area contributed by atoms with Crippen LogP contribution in [0.4, 0.5) is 16.2 Å². The summed E-state index contributed by atoms with van der Waals surface area (Å²) in [5, 5.41) is 10.9. The zero-order chi connectivity index (χ0) is 17.8. The van der Waals surface area contributed by atoms with Crippen LogP contribution in [0.5, 0.6) is 0 Å². The molecule has 2 N–H and O–H groups in total. The van der Waals surface area contributed by atoms with Gasteiger partial charge in [-0.25, -0.2) is 4.79 Å². The van der Waals surface area contributed by atoms with Crippen molar-refractivity contribution in [1.29, 1.82) is 0 Å². The minimum absolute atomic E-state index is 0.332. The van der Waals surface area contributed by atoms with Gasteiger partial charge in [0.15, 0.2) is 0 Å². The molecule has 0 radical (unpaired) electrons. The summed E-state index contributed by atoms with van der Waals surface area (Å²) in [6.45, 7) is 2.38. The molecule has 1 aromatic heterocycles. The van der Waals surface area contributed by atoms with E-state index in [0.717, 1.165) is 16.8 Å². The molecule has 0 saturated heterocycles. The molecule has 0 aliphatic carbocycles. The van der Waals surface area contributed by atoms with Gasteiger partial charge in [0.2, 0.25) is 0 Å². The van der Waals surface area contributed by atoms with E-state index in [1.807, 2.05) is 31.2 Å². The van der Waals surface area contributed by atoms with E-state index in [1.54, 1.807) is 35.3 Å². The van der Waals surface area contributed by atoms with Crippen LogP contribution in [-0.2, 0) is 6.54 Å². The number of carbonyl (C=O) groups excluding carboxylic acids is 1. The molecule has 0 aliphatic rings. The van der Waals surface area contributed by atoms with E-state index in [2.05, 4.69) is 15.7 Å². The normalized spacial score (nSPS) is 10.5. The summed E-state index contributed by atoms with van der Waals surface area (Å²) in [6, 6.07) is 12.6. The van der Waals surface area contributed by atoms with Crippen LogP contribution in [0.1, 0.15) is 11.1 Å². The highest BCUT2D eigenvalue weighted by Crippen LogP contribution is 2.25. The molecule has 0 unspecified atom stereocenters. The van der Waals surface area contributed by atoms with Gasteiger partial charge in [0.25, 0.3) is 0 Å². The van der Waals surface area contributed by atoms with E-state index in [-0.39, 0.29) is 6.03 Å². The molecule has 3 aromatic rings. The van der Waals surface area contributed by atoms with Gasteiger partial charge in [0.1, 0.15) is 0 Å². The zero-order valence-corrected chi connectivity index (χ0v) is 15.0. The standard InChI is InChI=1S/C18H16Cl2N4O/c1-12-4-2-5-13(8-12)22-18(25)23-14-9-21-24(10-14)11-15-16(19)6-3-7-17(15)20/h2-10H,11H2,1H3,(H2,22,23,25). The van der Waals surface area contributed by atoms with Crippen molar-refractivity contribution in [1.82, 2.24) is 9.78 Å². The Kier molecular flexibility index (Phi) is 5.26. The first kappa shape index (κ1) is 17.3. The van der Waals surface area contributed by atoms with Crippen LogP contribution in [0.25, 0.3) is 0 Å². The van der Waals surface area contributed by atoms with Crippen molar-refractivity contribution in [2.75, 3.05) is 10.6 Å². The van der Waals surface area contributed by atoms with E-state index < -0.39 is 0 Å². The van der Waals surface area contributed by atoms with Crippen LogP contribution in [0.15, 0.2) is 54.9 Å². The molecule has 0 atom stereocenters. The van der Waals surface area contributed by atoms with Crippen molar-refractivity contribution in [3.8, 4) is 0 Å². The maximum atomic E-state index is 12.1. The van der Waals surface area contributed by atoms with Gasteiger partial charge in [0, 0.05) is 27.5 Å². The highest BCUT2D eigenvalue weighted by Gasteiger charge is 2.09. The number of hydrogen-bond donors (Lipinski definition) is 2. The Labute approximate surface area is 155 Å². The monoisotopic (exact) mass is 374 g/mol. The Balaban J connectivity index is 1.64. The van der Waals surface area contributed by atoms with Crippen LogP contribution >= 0.6 is 23.2 Å². The van der Waals surface area contributed by atoms with Gasteiger partial charge in [0.05, 0.1) is 18.4 Å². The molecule has 3 rings (SSSR count). The van der Waals surface area contributed by atoms with Gasteiger partial charge < -0.3 is 10.6 Å². The number of anilines is 2. The topological polar surface area (TPSA) is 59.0 Å². The quantitative estimate of drug-likeness (QED) is 0.659. The maximum absolute atomic E-state index is 12.1. The lowest BCUT2D eigenvalue weighted by atomic mass is 10.2. The molecule has 0 spiro atoms. The molecule has 1 heterocycles. The highest BCUT2D eigenvalue weighted by molar-refractivity contribution is 6.35. The Morgan fingerprint density at radius 1 is 1.08 bits per heavy atom. The molecule has 7 heteroatoms. The molecule has 2 amide bonds. The van der Waals surface area contributed by atoms with Crippen LogP contribution in [0, 0.1) is 6.92 Å². The molecule has 0 bridgehead atoms. The summed E-state index contributed by atoms with van der Waals surface area (Å²) >= 11 is 12.3. The van der Waals surface area contributed by atoms with E-state index >= 15 is 0 Å². The van der Waals surface area contributed by atoms with Crippen molar-refractivity contribution in [2.45, 2.75) is 13.5 Å². The predicted molar refractivity (Wildman–Crippen MR) is 102 cm³/mol. The van der Waals surface area contributed by atoms with E-state index in [0.29, 0.717) is 22.3 Å². The largest absolute Gasteiger partial charge is 0.323 e. The smallest absolute Gasteiger partial charge is 0.308 e.